The summed E-state index contributed by atoms with van der Waals surface area (Å²) in [5.74, 6) is 0.989. The number of carbonyl (C=O) groups excluding carboxylic acids is 1. The molecule has 8 nitrogen and oxygen atoms in total. The molecular weight excluding hydrogens is 392 g/mol. The first-order valence-corrected chi connectivity index (χ1v) is 9.65. The third-order valence-electron chi connectivity index (χ3n) is 6.19. The number of rotatable bonds is 4. The number of hydrogen-bond donors (Lipinski definition) is 1. The summed E-state index contributed by atoms with van der Waals surface area (Å²) >= 11 is 0. The van der Waals surface area contributed by atoms with Gasteiger partial charge in [-0.2, -0.15) is 0 Å². The zero-order valence-electron chi connectivity index (χ0n) is 16.8. The molecule has 30 heavy (non-hydrogen) atoms. The quantitative estimate of drug-likeness (QED) is 0.763. The Hall–Kier alpha value is -3.13. The Kier molecular flexibility index (Phi) is 4.39. The van der Waals surface area contributed by atoms with Crippen molar-refractivity contribution in [2.75, 3.05) is 34.7 Å². The van der Waals surface area contributed by atoms with Gasteiger partial charge in [-0.25, -0.2) is 0 Å². The standard InChI is InChI=1S/C22H22O8/c1-25-16-4-10(5-17(26-2)21(16)27-3)18-11-6-14-15(30-9-29-14)7-12(11)20(23)13-8-28-22(24)19(13)18/h4-7,13,18-20,23H,8-9H2,1-3H3/t13-,18-,19+,20+/m0/s1. The van der Waals surface area contributed by atoms with E-state index in [1.807, 2.05) is 18.2 Å². The first-order chi connectivity index (χ1) is 14.6. The van der Waals surface area contributed by atoms with Crippen LogP contribution >= 0.6 is 0 Å². The van der Waals surface area contributed by atoms with Gasteiger partial charge in [-0.15, -0.1) is 0 Å². The fourth-order valence-electron chi connectivity index (χ4n) is 4.81. The molecule has 1 saturated heterocycles. The maximum absolute atomic E-state index is 12.7. The van der Waals surface area contributed by atoms with E-state index in [1.54, 1.807) is 20.3 Å². The maximum atomic E-state index is 12.7. The smallest absolute Gasteiger partial charge is 0.310 e. The van der Waals surface area contributed by atoms with Crippen LogP contribution in [0.3, 0.4) is 0 Å². The van der Waals surface area contributed by atoms with Crippen molar-refractivity contribution in [3.05, 3.63) is 41.0 Å². The molecule has 8 heteroatoms. The van der Waals surface area contributed by atoms with Gasteiger partial charge in [0.25, 0.3) is 0 Å². The zero-order chi connectivity index (χ0) is 21.0. The Morgan fingerprint density at radius 2 is 1.53 bits per heavy atom. The van der Waals surface area contributed by atoms with Crippen LogP contribution in [-0.4, -0.2) is 45.8 Å². The molecule has 0 spiro atoms. The third kappa shape index (κ3) is 2.60. The number of fused-ring (bicyclic) bond motifs is 3. The van der Waals surface area contributed by atoms with Crippen molar-refractivity contribution in [3.63, 3.8) is 0 Å². The van der Waals surface area contributed by atoms with E-state index in [2.05, 4.69) is 0 Å². The average molecular weight is 414 g/mol. The minimum atomic E-state index is -0.843. The van der Waals surface area contributed by atoms with E-state index in [4.69, 9.17) is 28.4 Å². The molecule has 3 aliphatic rings. The van der Waals surface area contributed by atoms with Gasteiger partial charge in [-0.3, -0.25) is 4.79 Å². The highest BCUT2D eigenvalue weighted by Gasteiger charge is 2.52. The number of benzene rings is 2. The Labute approximate surface area is 173 Å². The van der Waals surface area contributed by atoms with Crippen LogP contribution in [0.2, 0.25) is 0 Å². The Morgan fingerprint density at radius 3 is 2.13 bits per heavy atom. The Bertz CT molecular complexity index is 991. The van der Waals surface area contributed by atoms with Crippen LogP contribution in [0.1, 0.15) is 28.7 Å². The molecule has 0 bridgehead atoms. The van der Waals surface area contributed by atoms with Crippen molar-refractivity contribution in [3.8, 4) is 28.7 Å². The van der Waals surface area contributed by atoms with Gasteiger partial charge in [0, 0.05) is 11.8 Å². The van der Waals surface area contributed by atoms with Crippen molar-refractivity contribution in [1.82, 2.24) is 0 Å². The normalized spacial score (nSPS) is 25.9. The molecular formula is C22H22O8. The molecule has 0 saturated carbocycles. The van der Waals surface area contributed by atoms with Crippen LogP contribution in [0.5, 0.6) is 28.7 Å². The van der Waals surface area contributed by atoms with Crippen molar-refractivity contribution in [1.29, 1.82) is 0 Å². The van der Waals surface area contributed by atoms with E-state index in [0.717, 1.165) is 11.1 Å². The van der Waals surface area contributed by atoms with E-state index >= 15 is 0 Å². The number of methoxy groups -OCH3 is 3. The lowest BCUT2D eigenvalue weighted by atomic mass is 9.66. The van der Waals surface area contributed by atoms with Crippen LogP contribution < -0.4 is 23.7 Å². The molecule has 0 radical (unpaired) electrons. The number of aliphatic hydroxyl groups excluding tert-OH is 1. The summed E-state index contributed by atoms with van der Waals surface area (Å²) in [7, 11) is 4.63. The summed E-state index contributed by atoms with van der Waals surface area (Å²) in [5.41, 5.74) is 2.30. The highest BCUT2D eigenvalue weighted by molar-refractivity contribution is 5.79. The van der Waals surface area contributed by atoms with Crippen molar-refractivity contribution < 1.29 is 38.3 Å². The van der Waals surface area contributed by atoms with E-state index < -0.39 is 12.0 Å². The summed E-state index contributed by atoms with van der Waals surface area (Å²) in [6, 6.07) is 7.31. The molecule has 2 aromatic rings. The van der Waals surface area contributed by atoms with Crippen LogP contribution in [-0.2, 0) is 9.53 Å². The Balaban J connectivity index is 1.74. The highest BCUT2D eigenvalue weighted by Crippen LogP contribution is 2.55. The summed E-state index contributed by atoms with van der Waals surface area (Å²) in [4.78, 5) is 12.7. The second-order valence-corrected chi connectivity index (χ2v) is 7.54. The predicted octanol–water partition coefficient (Wildman–Crippen LogP) is 2.41. The summed E-state index contributed by atoms with van der Waals surface area (Å²) in [6.07, 6.45) is -0.843. The lowest BCUT2D eigenvalue weighted by molar-refractivity contribution is -0.141. The zero-order valence-corrected chi connectivity index (χ0v) is 16.8. The fraction of sp³-hybridized carbons (Fsp3) is 0.409. The molecule has 0 unspecified atom stereocenters. The molecule has 1 aliphatic carbocycles. The lowest BCUT2D eigenvalue weighted by Gasteiger charge is -2.37. The molecule has 0 amide bonds. The van der Waals surface area contributed by atoms with Gasteiger partial charge in [0.2, 0.25) is 12.5 Å². The summed E-state index contributed by atoms with van der Waals surface area (Å²) in [6.45, 7) is 0.289. The first kappa shape index (κ1) is 18.9. The van der Waals surface area contributed by atoms with Crippen LogP contribution in [0.4, 0.5) is 0 Å². The monoisotopic (exact) mass is 414 g/mol. The number of carbonyl (C=O) groups is 1. The van der Waals surface area contributed by atoms with Gasteiger partial charge in [0.15, 0.2) is 23.0 Å². The van der Waals surface area contributed by atoms with Crippen LogP contribution in [0.15, 0.2) is 24.3 Å². The summed E-state index contributed by atoms with van der Waals surface area (Å²) < 4.78 is 32.9. The molecule has 0 aromatic heterocycles. The molecule has 4 atom stereocenters. The van der Waals surface area contributed by atoms with E-state index in [-0.39, 0.29) is 31.2 Å². The number of cyclic esters (lactones) is 1. The molecule has 158 valence electrons. The van der Waals surface area contributed by atoms with Crippen molar-refractivity contribution in [2.45, 2.75) is 12.0 Å². The van der Waals surface area contributed by atoms with Crippen LogP contribution in [0.25, 0.3) is 0 Å². The number of aliphatic hydroxyl groups is 1. The van der Waals surface area contributed by atoms with Gasteiger partial charge in [0.1, 0.15) is 0 Å². The van der Waals surface area contributed by atoms with Gasteiger partial charge in [-0.1, -0.05) is 0 Å². The van der Waals surface area contributed by atoms with E-state index in [0.29, 0.717) is 34.3 Å². The summed E-state index contributed by atoms with van der Waals surface area (Å²) in [5, 5.41) is 11.0. The second-order valence-electron chi connectivity index (χ2n) is 7.54. The third-order valence-corrected chi connectivity index (χ3v) is 6.19. The van der Waals surface area contributed by atoms with Gasteiger partial charge < -0.3 is 33.5 Å². The lowest BCUT2D eigenvalue weighted by Crippen LogP contribution is -2.34. The minimum Gasteiger partial charge on any atom is -0.493 e. The molecule has 2 aromatic carbocycles. The minimum absolute atomic E-state index is 0.123. The van der Waals surface area contributed by atoms with E-state index in [9.17, 15) is 9.90 Å². The van der Waals surface area contributed by atoms with Crippen molar-refractivity contribution >= 4 is 5.97 Å². The van der Waals surface area contributed by atoms with E-state index in [1.165, 1.54) is 7.11 Å². The van der Waals surface area contributed by atoms with Crippen LogP contribution in [0, 0.1) is 11.8 Å². The predicted molar refractivity (Wildman–Crippen MR) is 103 cm³/mol. The molecule has 2 aliphatic heterocycles. The average Bonchev–Trinajstić information content (AvgIpc) is 3.38. The number of esters is 1. The van der Waals surface area contributed by atoms with Crippen molar-refractivity contribution in [2.24, 2.45) is 11.8 Å². The SMILES string of the molecule is COc1cc([C@H]2c3cc4c(cc3[C@@H](O)[C@H]3COC(=O)[C@@H]23)OCO4)cc(OC)c1OC. The largest absolute Gasteiger partial charge is 0.493 e. The second kappa shape index (κ2) is 6.98. The molecule has 1 fully saturated rings. The number of hydrogen-bond acceptors (Lipinski definition) is 8. The van der Waals surface area contributed by atoms with Gasteiger partial charge in [0.05, 0.1) is 40.0 Å². The van der Waals surface area contributed by atoms with Gasteiger partial charge >= 0.3 is 5.97 Å². The molecule has 5 rings (SSSR count). The molecule has 2 heterocycles. The maximum Gasteiger partial charge on any atom is 0.310 e. The Morgan fingerprint density at radius 1 is 0.900 bits per heavy atom. The highest BCUT2D eigenvalue weighted by atomic mass is 16.7. The first-order valence-electron chi connectivity index (χ1n) is 9.65. The fourth-order valence-corrected chi connectivity index (χ4v) is 4.81. The number of ether oxygens (including phenoxy) is 6. The molecule has 1 N–H and O–H groups in total. The van der Waals surface area contributed by atoms with Gasteiger partial charge in [-0.05, 0) is 41.0 Å². The topological polar surface area (TPSA) is 92.7 Å².